The number of nitrogens with zero attached hydrogens (tertiary/aromatic N) is 2. The molecule has 0 saturated heterocycles. The second kappa shape index (κ2) is 6.57. The van der Waals surface area contributed by atoms with E-state index in [1.165, 1.54) is 6.07 Å². The SMILES string of the molecule is CCCNC(c1ncc(C)cn1)c1cc(F)ccc1C. The third-order valence-corrected chi connectivity index (χ3v) is 3.21. The van der Waals surface area contributed by atoms with Crippen LogP contribution in [0, 0.1) is 19.7 Å². The zero-order valence-corrected chi connectivity index (χ0v) is 12.2. The molecule has 20 heavy (non-hydrogen) atoms. The fourth-order valence-corrected chi connectivity index (χ4v) is 2.10. The van der Waals surface area contributed by atoms with Gasteiger partial charge in [0.25, 0.3) is 0 Å². The molecular formula is C16H20FN3. The highest BCUT2D eigenvalue weighted by Crippen LogP contribution is 2.23. The van der Waals surface area contributed by atoms with E-state index in [9.17, 15) is 4.39 Å². The lowest BCUT2D eigenvalue weighted by Gasteiger charge is -2.19. The van der Waals surface area contributed by atoms with Gasteiger partial charge in [0.1, 0.15) is 11.6 Å². The maximum atomic E-state index is 13.5. The fourth-order valence-electron chi connectivity index (χ4n) is 2.10. The van der Waals surface area contributed by atoms with Gasteiger partial charge in [-0.05, 0) is 55.6 Å². The summed E-state index contributed by atoms with van der Waals surface area (Å²) < 4.78 is 13.5. The summed E-state index contributed by atoms with van der Waals surface area (Å²) in [5.74, 6) is 0.443. The first-order valence-electron chi connectivity index (χ1n) is 6.89. The number of hydrogen-bond donors (Lipinski definition) is 1. The minimum absolute atomic E-state index is 0.175. The van der Waals surface area contributed by atoms with E-state index in [1.54, 1.807) is 24.5 Å². The summed E-state index contributed by atoms with van der Waals surface area (Å²) in [6, 6.07) is 4.66. The maximum absolute atomic E-state index is 13.5. The first kappa shape index (κ1) is 14.6. The topological polar surface area (TPSA) is 37.8 Å². The second-order valence-electron chi connectivity index (χ2n) is 5.01. The van der Waals surface area contributed by atoms with Crippen LogP contribution in [0.4, 0.5) is 4.39 Å². The third kappa shape index (κ3) is 3.39. The summed E-state index contributed by atoms with van der Waals surface area (Å²) in [4.78, 5) is 8.77. The number of aryl methyl sites for hydroxylation is 2. The standard InChI is InChI=1S/C16H20FN3/c1-4-7-18-15(16-19-9-11(2)10-20-16)14-8-13(17)6-5-12(14)3/h5-6,8-10,15,18H,4,7H2,1-3H3. The molecule has 2 aromatic rings. The normalized spacial score (nSPS) is 12.4. The maximum Gasteiger partial charge on any atom is 0.149 e. The summed E-state index contributed by atoms with van der Waals surface area (Å²) in [5.41, 5.74) is 2.94. The minimum atomic E-state index is -0.235. The lowest BCUT2D eigenvalue weighted by molar-refractivity contribution is 0.561. The Balaban J connectivity index is 2.41. The van der Waals surface area contributed by atoms with Crippen molar-refractivity contribution in [3.8, 4) is 0 Å². The molecule has 0 saturated carbocycles. The van der Waals surface area contributed by atoms with E-state index in [1.807, 2.05) is 13.8 Å². The molecule has 1 atom stereocenters. The lowest BCUT2D eigenvalue weighted by atomic mass is 10.00. The Morgan fingerprint density at radius 3 is 2.55 bits per heavy atom. The lowest BCUT2D eigenvalue weighted by Crippen LogP contribution is -2.26. The molecule has 0 bridgehead atoms. The van der Waals surface area contributed by atoms with Crippen molar-refractivity contribution in [1.82, 2.24) is 15.3 Å². The van der Waals surface area contributed by atoms with Gasteiger partial charge >= 0.3 is 0 Å². The van der Waals surface area contributed by atoms with Crippen LogP contribution in [-0.2, 0) is 0 Å². The number of benzene rings is 1. The van der Waals surface area contributed by atoms with E-state index in [4.69, 9.17) is 0 Å². The first-order valence-corrected chi connectivity index (χ1v) is 6.89. The van der Waals surface area contributed by atoms with Crippen LogP contribution in [0.3, 0.4) is 0 Å². The molecule has 106 valence electrons. The molecular weight excluding hydrogens is 253 g/mol. The largest absolute Gasteiger partial charge is 0.304 e. The third-order valence-electron chi connectivity index (χ3n) is 3.21. The van der Waals surface area contributed by atoms with Crippen molar-refractivity contribution in [2.75, 3.05) is 6.54 Å². The van der Waals surface area contributed by atoms with Crippen molar-refractivity contribution in [2.24, 2.45) is 0 Å². The van der Waals surface area contributed by atoms with Gasteiger partial charge < -0.3 is 5.32 Å². The molecule has 4 heteroatoms. The Morgan fingerprint density at radius 2 is 1.90 bits per heavy atom. The summed E-state index contributed by atoms with van der Waals surface area (Å²) in [6.07, 6.45) is 4.58. The molecule has 1 N–H and O–H groups in total. The monoisotopic (exact) mass is 273 g/mol. The minimum Gasteiger partial charge on any atom is -0.304 e. The molecule has 1 aromatic heterocycles. The van der Waals surface area contributed by atoms with E-state index >= 15 is 0 Å². The molecule has 0 fully saturated rings. The molecule has 0 spiro atoms. The van der Waals surface area contributed by atoms with Crippen molar-refractivity contribution >= 4 is 0 Å². The van der Waals surface area contributed by atoms with Gasteiger partial charge in [0.15, 0.2) is 0 Å². The zero-order valence-electron chi connectivity index (χ0n) is 12.2. The van der Waals surface area contributed by atoms with Gasteiger partial charge in [-0.2, -0.15) is 0 Å². The number of rotatable bonds is 5. The molecule has 0 aliphatic heterocycles. The highest BCUT2D eigenvalue weighted by atomic mass is 19.1. The smallest absolute Gasteiger partial charge is 0.149 e. The molecule has 3 nitrogen and oxygen atoms in total. The van der Waals surface area contributed by atoms with Crippen LogP contribution >= 0.6 is 0 Å². The quantitative estimate of drug-likeness (QED) is 0.908. The molecule has 1 unspecified atom stereocenters. The van der Waals surface area contributed by atoms with E-state index in [0.29, 0.717) is 5.82 Å². The molecule has 0 aliphatic carbocycles. The van der Waals surface area contributed by atoms with Crippen molar-refractivity contribution in [3.63, 3.8) is 0 Å². The Morgan fingerprint density at radius 1 is 1.20 bits per heavy atom. The van der Waals surface area contributed by atoms with Gasteiger partial charge in [-0.3, -0.25) is 0 Å². The Bertz CT molecular complexity index is 566. The molecule has 0 amide bonds. The van der Waals surface area contributed by atoms with Gasteiger partial charge in [0, 0.05) is 12.4 Å². The van der Waals surface area contributed by atoms with Crippen LogP contribution in [-0.4, -0.2) is 16.5 Å². The van der Waals surface area contributed by atoms with Gasteiger partial charge in [-0.1, -0.05) is 13.0 Å². The van der Waals surface area contributed by atoms with E-state index in [-0.39, 0.29) is 11.9 Å². The summed E-state index contributed by atoms with van der Waals surface area (Å²) in [6.45, 7) is 6.85. The molecule has 0 radical (unpaired) electrons. The Kier molecular flexibility index (Phi) is 4.79. The summed E-state index contributed by atoms with van der Waals surface area (Å²) >= 11 is 0. The highest BCUT2D eigenvalue weighted by molar-refractivity contribution is 5.33. The highest BCUT2D eigenvalue weighted by Gasteiger charge is 2.18. The van der Waals surface area contributed by atoms with E-state index < -0.39 is 0 Å². The van der Waals surface area contributed by atoms with Gasteiger partial charge in [0.2, 0.25) is 0 Å². The van der Waals surface area contributed by atoms with Crippen molar-refractivity contribution in [3.05, 3.63) is 58.9 Å². The number of hydrogen-bond acceptors (Lipinski definition) is 3. The van der Waals surface area contributed by atoms with Gasteiger partial charge in [-0.25, -0.2) is 14.4 Å². The van der Waals surface area contributed by atoms with Crippen LogP contribution in [0.1, 0.15) is 41.9 Å². The molecule has 1 heterocycles. The first-order chi connectivity index (χ1) is 9.61. The predicted molar refractivity (Wildman–Crippen MR) is 78.0 cm³/mol. The van der Waals surface area contributed by atoms with Crippen LogP contribution in [0.25, 0.3) is 0 Å². The van der Waals surface area contributed by atoms with E-state index in [0.717, 1.165) is 29.7 Å². The van der Waals surface area contributed by atoms with Crippen LogP contribution in [0.2, 0.25) is 0 Å². The zero-order chi connectivity index (χ0) is 14.5. The van der Waals surface area contributed by atoms with E-state index in [2.05, 4.69) is 22.2 Å². The Hall–Kier alpha value is -1.81. The predicted octanol–water partition coefficient (Wildman–Crippen LogP) is 3.32. The second-order valence-corrected chi connectivity index (χ2v) is 5.01. The summed E-state index contributed by atoms with van der Waals surface area (Å²) in [5, 5.41) is 3.40. The van der Waals surface area contributed by atoms with Gasteiger partial charge in [0.05, 0.1) is 6.04 Å². The van der Waals surface area contributed by atoms with Crippen molar-refractivity contribution in [2.45, 2.75) is 33.2 Å². The fraction of sp³-hybridized carbons (Fsp3) is 0.375. The number of halogens is 1. The van der Waals surface area contributed by atoms with Gasteiger partial charge in [-0.15, -0.1) is 0 Å². The van der Waals surface area contributed by atoms with Crippen LogP contribution in [0.5, 0.6) is 0 Å². The Labute approximate surface area is 119 Å². The molecule has 1 aromatic carbocycles. The van der Waals surface area contributed by atoms with Crippen LogP contribution < -0.4 is 5.32 Å². The molecule has 2 rings (SSSR count). The number of nitrogens with one attached hydrogen (secondary N) is 1. The summed E-state index contributed by atoms with van der Waals surface area (Å²) in [7, 11) is 0. The van der Waals surface area contributed by atoms with Crippen LogP contribution in [0.15, 0.2) is 30.6 Å². The van der Waals surface area contributed by atoms with Crippen molar-refractivity contribution in [1.29, 1.82) is 0 Å². The van der Waals surface area contributed by atoms with Crippen molar-refractivity contribution < 1.29 is 4.39 Å². The number of aromatic nitrogens is 2. The average Bonchev–Trinajstić information content (AvgIpc) is 2.44. The average molecular weight is 273 g/mol. The molecule has 0 aliphatic rings.